The van der Waals surface area contributed by atoms with Crippen LogP contribution in [0.25, 0.3) is 0 Å². The normalized spacial score (nSPS) is 30.9. The Kier molecular flexibility index (Phi) is 4.23. The molecule has 1 aromatic heterocycles. The molecule has 6 heteroatoms. The third-order valence-corrected chi connectivity index (χ3v) is 6.79. The molecule has 0 spiro atoms. The van der Waals surface area contributed by atoms with Gasteiger partial charge in [-0.1, -0.05) is 12.1 Å². The van der Waals surface area contributed by atoms with E-state index in [1.165, 1.54) is 11.6 Å². The number of piperidine rings is 3. The van der Waals surface area contributed by atoms with Crippen LogP contribution in [0.3, 0.4) is 0 Å². The van der Waals surface area contributed by atoms with Gasteiger partial charge in [-0.05, 0) is 61.7 Å². The summed E-state index contributed by atoms with van der Waals surface area (Å²) in [6.45, 7) is 2.87. The van der Waals surface area contributed by atoms with Crippen LogP contribution in [0, 0.1) is 5.92 Å². The maximum Gasteiger partial charge on any atom is 0.276 e. The van der Waals surface area contributed by atoms with Crippen LogP contribution < -0.4 is 4.74 Å². The number of carbonyl (C=O) groups excluding carboxylic acids is 1. The third kappa shape index (κ3) is 2.66. The van der Waals surface area contributed by atoms with E-state index in [0.717, 1.165) is 31.7 Å². The predicted octanol–water partition coefficient (Wildman–Crippen LogP) is 2.50. The second-order valence-corrected chi connectivity index (χ2v) is 8.06. The first-order chi connectivity index (χ1) is 13.7. The molecule has 5 heterocycles. The zero-order valence-corrected chi connectivity index (χ0v) is 16.0. The van der Waals surface area contributed by atoms with Crippen LogP contribution in [-0.2, 0) is 0 Å². The molecule has 1 N–H and O–H groups in total. The van der Waals surface area contributed by atoms with Crippen LogP contribution >= 0.6 is 0 Å². The summed E-state index contributed by atoms with van der Waals surface area (Å²) in [5.41, 5.74) is 1.40. The molecule has 6 nitrogen and oxygen atoms in total. The standard InChI is InChI=1S/C22H25N3O3/c1-28-16-6-4-14(5-7-16)17-13-25(22(27)19-18(26)3-2-10-23-19)20-15-8-11-24(12-9-15)21(17)20/h2-7,10,15,17,20-21,26H,8-9,11-13H2,1H3/t17-,20+,21+/m0/s1. The minimum absolute atomic E-state index is 0.0433. The number of aromatic nitrogens is 1. The highest BCUT2D eigenvalue weighted by atomic mass is 16.5. The van der Waals surface area contributed by atoms with E-state index < -0.39 is 0 Å². The Morgan fingerprint density at radius 3 is 2.57 bits per heavy atom. The largest absolute Gasteiger partial charge is 0.505 e. The second kappa shape index (κ2) is 6.78. The van der Waals surface area contributed by atoms with Crippen molar-refractivity contribution in [2.24, 2.45) is 5.92 Å². The molecule has 0 unspecified atom stereocenters. The average Bonchev–Trinajstić information content (AvgIpc) is 3.17. The fourth-order valence-corrected chi connectivity index (χ4v) is 5.50. The minimum Gasteiger partial charge on any atom is -0.505 e. The Hall–Kier alpha value is -2.60. The summed E-state index contributed by atoms with van der Waals surface area (Å²) in [5, 5.41) is 10.2. The van der Waals surface area contributed by atoms with Crippen LogP contribution in [0.1, 0.15) is 34.8 Å². The van der Waals surface area contributed by atoms with Crippen molar-refractivity contribution in [1.29, 1.82) is 0 Å². The van der Waals surface area contributed by atoms with Crippen molar-refractivity contribution >= 4 is 5.91 Å². The molecule has 1 amide bonds. The Bertz CT molecular complexity index is 877. The summed E-state index contributed by atoms with van der Waals surface area (Å²) in [4.78, 5) is 22.1. The summed E-state index contributed by atoms with van der Waals surface area (Å²) in [6.07, 6.45) is 3.83. The lowest BCUT2D eigenvalue weighted by Gasteiger charge is -2.51. The maximum atomic E-state index is 13.3. The number of aromatic hydroxyl groups is 1. The molecule has 3 atom stereocenters. The zero-order chi connectivity index (χ0) is 19.3. The molecule has 0 radical (unpaired) electrons. The summed E-state index contributed by atoms with van der Waals surface area (Å²) in [5.74, 6) is 1.42. The van der Waals surface area contributed by atoms with Crippen LogP contribution in [0.4, 0.5) is 0 Å². The van der Waals surface area contributed by atoms with Crippen molar-refractivity contribution in [3.05, 3.63) is 53.9 Å². The van der Waals surface area contributed by atoms with Gasteiger partial charge in [-0.25, -0.2) is 4.98 Å². The number of hydrogen-bond acceptors (Lipinski definition) is 5. The summed E-state index contributed by atoms with van der Waals surface area (Å²) in [6, 6.07) is 11.9. The number of nitrogens with zero attached hydrogens (tertiary/aromatic N) is 3. The SMILES string of the molecule is COc1ccc([C@@H]2CN(C(=O)c3ncccc3O)[C@@H]3C4CCN(CC4)[C@@H]32)cc1. The molecule has 2 aromatic rings. The van der Waals surface area contributed by atoms with Gasteiger partial charge in [0.05, 0.1) is 13.2 Å². The molecule has 1 aromatic carbocycles. The molecule has 0 saturated carbocycles. The van der Waals surface area contributed by atoms with Crippen molar-refractivity contribution < 1.29 is 14.6 Å². The Labute approximate surface area is 164 Å². The quantitative estimate of drug-likeness (QED) is 0.888. The molecule has 4 aliphatic rings. The van der Waals surface area contributed by atoms with Crippen molar-refractivity contribution in [2.75, 3.05) is 26.7 Å². The van der Waals surface area contributed by atoms with Crippen LogP contribution in [0.15, 0.2) is 42.6 Å². The van der Waals surface area contributed by atoms with Crippen molar-refractivity contribution in [1.82, 2.24) is 14.8 Å². The maximum absolute atomic E-state index is 13.3. The topological polar surface area (TPSA) is 65.9 Å². The number of ether oxygens (including phenoxy) is 1. The van der Waals surface area contributed by atoms with E-state index in [4.69, 9.17) is 4.74 Å². The minimum atomic E-state index is -0.155. The average molecular weight is 379 g/mol. The number of hydrogen-bond donors (Lipinski definition) is 1. The predicted molar refractivity (Wildman–Crippen MR) is 105 cm³/mol. The summed E-state index contributed by atoms with van der Waals surface area (Å²) < 4.78 is 5.31. The van der Waals surface area contributed by atoms with E-state index >= 15 is 0 Å². The molecule has 4 saturated heterocycles. The first kappa shape index (κ1) is 17.5. The van der Waals surface area contributed by atoms with Gasteiger partial charge in [-0.3, -0.25) is 9.69 Å². The number of carbonyl (C=O) groups is 1. The van der Waals surface area contributed by atoms with E-state index in [2.05, 4.69) is 22.0 Å². The number of benzene rings is 1. The highest BCUT2D eigenvalue weighted by molar-refractivity contribution is 5.95. The van der Waals surface area contributed by atoms with E-state index in [1.54, 1.807) is 19.4 Å². The van der Waals surface area contributed by atoms with Gasteiger partial charge in [0, 0.05) is 24.7 Å². The van der Waals surface area contributed by atoms with Gasteiger partial charge in [0.2, 0.25) is 0 Å². The molecule has 0 aliphatic carbocycles. The van der Waals surface area contributed by atoms with E-state index in [-0.39, 0.29) is 29.3 Å². The number of amides is 1. The lowest BCUT2D eigenvalue weighted by atomic mass is 9.75. The van der Waals surface area contributed by atoms with Crippen LogP contribution in [-0.4, -0.2) is 64.6 Å². The Balaban J connectivity index is 1.52. The van der Waals surface area contributed by atoms with Gasteiger partial charge in [0.25, 0.3) is 5.91 Å². The fraction of sp³-hybridized carbons (Fsp3) is 0.455. The monoisotopic (exact) mass is 379 g/mol. The molecule has 146 valence electrons. The molecule has 2 bridgehead atoms. The first-order valence-corrected chi connectivity index (χ1v) is 10.0. The summed E-state index contributed by atoms with van der Waals surface area (Å²) >= 11 is 0. The number of methoxy groups -OCH3 is 1. The molecule has 28 heavy (non-hydrogen) atoms. The highest BCUT2D eigenvalue weighted by Crippen LogP contribution is 2.47. The van der Waals surface area contributed by atoms with E-state index in [0.29, 0.717) is 18.5 Å². The molecule has 6 rings (SSSR count). The van der Waals surface area contributed by atoms with E-state index in [1.807, 2.05) is 17.0 Å². The highest BCUT2D eigenvalue weighted by Gasteiger charge is 2.55. The van der Waals surface area contributed by atoms with Crippen molar-refractivity contribution in [3.63, 3.8) is 0 Å². The van der Waals surface area contributed by atoms with Gasteiger partial charge in [-0.15, -0.1) is 0 Å². The lowest BCUT2D eigenvalue weighted by Crippen LogP contribution is -2.60. The van der Waals surface area contributed by atoms with Gasteiger partial charge in [-0.2, -0.15) is 0 Å². The Morgan fingerprint density at radius 1 is 1.14 bits per heavy atom. The van der Waals surface area contributed by atoms with Crippen molar-refractivity contribution in [3.8, 4) is 11.5 Å². The number of fused-ring (bicyclic) bond motifs is 2. The van der Waals surface area contributed by atoms with Gasteiger partial charge in [0.1, 0.15) is 11.5 Å². The fourth-order valence-electron chi connectivity index (χ4n) is 5.50. The zero-order valence-electron chi connectivity index (χ0n) is 16.0. The number of likely N-dealkylation sites (tertiary alicyclic amines) is 1. The van der Waals surface area contributed by atoms with Crippen molar-refractivity contribution in [2.45, 2.75) is 30.8 Å². The van der Waals surface area contributed by atoms with E-state index in [9.17, 15) is 9.90 Å². The van der Waals surface area contributed by atoms with Gasteiger partial charge < -0.3 is 14.7 Å². The van der Waals surface area contributed by atoms with Gasteiger partial charge in [0.15, 0.2) is 5.69 Å². The molecular weight excluding hydrogens is 354 g/mol. The number of rotatable bonds is 3. The smallest absolute Gasteiger partial charge is 0.276 e. The Morgan fingerprint density at radius 2 is 1.89 bits per heavy atom. The number of pyridine rings is 1. The van der Waals surface area contributed by atoms with Crippen LogP contribution in [0.5, 0.6) is 11.5 Å². The van der Waals surface area contributed by atoms with Crippen LogP contribution in [0.2, 0.25) is 0 Å². The van der Waals surface area contributed by atoms with Gasteiger partial charge >= 0.3 is 0 Å². The first-order valence-electron chi connectivity index (χ1n) is 10.0. The molecule has 4 aliphatic heterocycles. The molecule has 4 fully saturated rings. The second-order valence-electron chi connectivity index (χ2n) is 8.06. The summed E-state index contributed by atoms with van der Waals surface area (Å²) in [7, 11) is 1.67. The molecular formula is C22H25N3O3. The third-order valence-electron chi connectivity index (χ3n) is 6.79. The lowest BCUT2D eigenvalue weighted by molar-refractivity contribution is -0.00366.